The SMILES string of the molecule is CC1CCCN(C(=O)CN2CCC(C(=O)c3ccccc3)CC2)C1. The van der Waals surface area contributed by atoms with Crippen LogP contribution in [0, 0.1) is 11.8 Å². The maximum absolute atomic E-state index is 12.5. The smallest absolute Gasteiger partial charge is 0.236 e. The van der Waals surface area contributed by atoms with Crippen LogP contribution in [0.1, 0.15) is 43.0 Å². The summed E-state index contributed by atoms with van der Waals surface area (Å²) in [5, 5.41) is 0. The van der Waals surface area contributed by atoms with Crippen LogP contribution in [0.5, 0.6) is 0 Å². The van der Waals surface area contributed by atoms with E-state index in [0.717, 1.165) is 51.0 Å². The van der Waals surface area contributed by atoms with E-state index >= 15 is 0 Å². The fourth-order valence-electron chi connectivity index (χ4n) is 3.90. The van der Waals surface area contributed by atoms with Crippen molar-refractivity contribution in [1.82, 2.24) is 9.80 Å². The molecule has 2 fully saturated rings. The quantitative estimate of drug-likeness (QED) is 0.798. The molecule has 3 rings (SSSR count). The van der Waals surface area contributed by atoms with Crippen molar-refractivity contribution in [3.63, 3.8) is 0 Å². The van der Waals surface area contributed by atoms with Crippen LogP contribution in [0.25, 0.3) is 0 Å². The number of benzene rings is 1. The summed E-state index contributed by atoms with van der Waals surface area (Å²) in [4.78, 5) is 29.2. The van der Waals surface area contributed by atoms with E-state index in [1.807, 2.05) is 35.2 Å². The zero-order valence-corrected chi connectivity index (χ0v) is 14.6. The van der Waals surface area contributed by atoms with E-state index in [2.05, 4.69) is 11.8 Å². The summed E-state index contributed by atoms with van der Waals surface area (Å²) in [7, 11) is 0. The molecule has 1 amide bonds. The molecule has 1 aromatic carbocycles. The number of carbonyl (C=O) groups excluding carboxylic acids is 2. The zero-order valence-electron chi connectivity index (χ0n) is 14.6. The van der Waals surface area contributed by atoms with Gasteiger partial charge in [0.25, 0.3) is 0 Å². The number of carbonyl (C=O) groups is 2. The molecule has 4 heteroatoms. The van der Waals surface area contributed by atoms with Crippen LogP contribution in [0.3, 0.4) is 0 Å². The second-order valence-electron chi connectivity index (χ2n) is 7.37. The van der Waals surface area contributed by atoms with Crippen molar-refractivity contribution >= 4 is 11.7 Å². The summed E-state index contributed by atoms with van der Waals surface area (Å²) in [6, 6.07) is 9.57. The Hall–Kier alpha value is -1.68. The summed E-state index contributed by atoms with van der Waals surface area (Å²) in [5.41, 5.74) is 0.814. The second-order valence-corrected chi connectivity index (χ2v) is 7.37. The van der Waals surface area contributed by atoms with E-state index in [1.54, 1.807) is 0 Å². The van der Waals surface area contributed by atoms with E-state index < -0.39 is 0 Å². The summed E-state index contributed by atoms with van der Waals surface area (Å²) in [5.74, 6) is 1.24. The summed E-state index contributed by atoms with van der Waals surface area (Å²) < 4.78 is 0. The van der Waals surface area contributed by atoms with Gasteiger partial charge in [0.15, 0.2) is 5.78 Å². The van der Waals surface area contributed by atoms with Crippen LogP contribution in [0.4, 0.5) is 0 Å². The highest BCUT2D eigenvalue weighted by Crippen LogP contribution is 2.22. The molecule has 0 spiro atoms. The fraction of sp³-hybridized carbons (Fsp3) is 0.600. The lowest BCUT2D eigenvalue weighted by molar-refractivity contribution is -0.134. The van der Waals surface area contributed by atoms with E-state index in [9.17, 15) is 9.59 Å². The monoisotopic (exact) mass is 328 g/mol. The van der Waals surface area contributed by atoms with Crippen LogP contribution in [0.15, 0.2) is 30.3 Å². The molecular weight excluding hydrogens is 300 g/mol. The highest BCUT2D eigenvalue weighted by Gasteiger charge is 2.28. The Bertz CT molecular complexity index is 564. The first-order chi connectivity index (χ1) is 11.6. The highest BCUT2D eigenvalue weighted by atomic mass is 16.2. The summed E-state index contributed by atoms with van der Waals surface area (Å²) in [6.07, 6.45) is 4.08. The Labute approximate surface area is 144 Å². The lowest BCUT2D eigenvalue weighted by Crippen LogP contribution is -2.47. The van der Waals surface area contributed by atoms with Gasteiger partial charge in [-0.05, 0) is 44.7 Å². The number of nitrogens with zero attached hydrogens (tertiary/aromatic N) is 2. The lowest BCUT2D eigenvalue weighted by atomic mass is 9.89. The molecule has 1 aromatic rings. The standard InChI is InChI=1S/C20H28N2O2/c1-16-6-5-11-22(14-16)19(23)15-21-12-9-18(10-13-21)20(24)17-7-3-2-4-8-17/h2-4,7-8,16,18H,5-6,9-15H2,1H3. The third-order valence-electron chi connectivity index (χ3n) is 5.39. The molecule has 2 aliphatic heterocycles. The average Bonchev–Trinajstić information content (AvgIpc) is 2.62. The van der Waals surface area contributed by atoms with Gasteiger partial charge in [0.05, 0.1) is 6.54 Å². The molecule has 0 aliphatic carbocycles. The molecule has 0 N–H and O–H groups in total. The molecule has 2 saturated heterocycles. The molecule has 130 valence electrons. The van der Waals surface area contributed by atoms with Crippen LogP contribution in [-0.2, 0) is 4.79 Å². The minimum absolute atomic E-state index is 0.105. The van der Waals surface area contributed by atoms with E-state index in [0.29, 0.717) is 12.5 Å². The van der Waals surface area contributed by atoms with Crippen molar-refractivity contribution in [3.05, 3.63) is 35.9 Å². The van der Waals surface area contributed by atoms with Gasteiger partial charge >= 0.3 is 0 Å². The van der Waals surface area contributed by atoms with Gasteiger partial charge in [-0.3, -0.25) is 14.5 Å². The van der Waals surface area contributed by atoms with Crippen LogP contribution in [0.2, 0.25) is 0 Å². The molecule has 0 aromatic heterocycles. The van der Waals surface area contributed by atoms with Crippen molar-refractivity contribution in [3.8, 4) is 0 Å². The number of Topliss-reactive ketones (excluding diaryl/α,β-unsaturated/α-hetero) is 1. The minimum atomic E-state index is 0.105. The predicted octanol–water partition coefficient (Wildman–Crippen LogP) is 2.84. The number of amides is 1. The molecule has 2 aliphatic rings. The van der Waals surface area contributed by atoms with Gasteiger partial charge in [-0.15, -0.1) is 0 Å². The Morgan fingerprint density at radius 1 is 1.04 bits per heavy atom. The van der Waals surface area contributed by atoms with Gasteiger partial charge < -0.3 is 4.90 Å². The minimum Gasteiger partial charge on any atom is -0.341 e. The second kappa shape index (κ2) is 7.93. The van der Waals surface area contributed by atoms with E-state index in [-0.39, 0.29) is 17.6 Å². The number of ketones is 1. The van der Waals surface area contributed by atoms with Crippen molar-refractivity contribution in [2.24, 2.45) is 11.8 Å². The zero-order chi connectivity index (χ0) is 16.9. The molecule has 4 nitrogen and oxygen atoms in total. The largest absolute Gasteiger partial charge is 0.341 e. The summed E-state index contributed by atoms with van der Waals surface area (Å²) >= 11 is 0. The normalized spacial score (nSPS) is 23.2. The topological polar surface area (TPSA) is 40.6 Å². The molecule has 0 radical (unpaired) electrons. The van der Waals surface area contributed by atoms with Gasteiger partial charge in [0.1, 0.15) is 0 Å². The van der Waals surface area contributed by atoms with Gasteiger partial charge in [-0.2, -0.15) is 0 Å². The first kappa shape index (κ1) is 17.2. The molecule has 2 heterocycles. The van der Waals surface area contributed by atoms with E-state index in [4.69, 9.17) is 0 Å². The molecule has 24 heavy (non-hydrogen) atoms. The first-order valence-electron chi connectivity index (χ1n) is 9.23. The Morgan fingerprint density at radius 3 is 2.42 bits per heavy atom. The molecular formula is C20H28N2O2. The maximum atomic E-state index is 12.5. The van der Waals surface area contributed by atoms with Crippen LogP contribution in [-0.4, -0.2) is 54.2 Å². The fourth-order valence-corrected chi connectivity index (χ4v) is 3.90. The third-order valence-corrected chi connectivity index (χ3v) is 5.39. The number of hydrogen-bond donors (Lipinski definition) is 0. The van der Waals surface area contributed by atoms with Crippen LogP contribution < -0.4 is 0 Å². The maximum Gasteiger partial charge on any atom is 0.236 e. The number of rotatable bonds is 4. The number of hydrogen-bond acceptors (Lipinski definition) is 3. The molecule has 0 bridgehead atoms. The van der Waals surface area contributed by atoms with Crippen molar-refractivity contribution in [2.45, 2.75) is 32.6 Å². The van der Waals surface area contributed by atoms with Crippen molar-refractivity contribution < 1.29 is 9.59 Å². The van der Waals surface area contributed by atoms with Gasteiger partial charge in [0.2, 0.25) is 5.91 Å². The summed E-state index contributed by atoms with van der Waals surface area (Å²) in [6.45, 7) is 6.24. The third kappa shape index (κ3) is 4.23. The molecule has 1 unspecified atom stereocenters. The average molecular weight is 328 g/mol. The Balaban J connectivity index is 1.47. The highest BCUT2D eigenvalue weighted by molar-refractivity contribution is 5.97. The number of likely N-dealkylation sites (tertiary alicyclic amines) is 2. The molecule has 1 atom stereocenters. The van der Waals surface area contributed by atoms with E-state index in [1.165, 1.54) is 6.42 Å². The Morgan fingerprint density at radius 2 is 1.75 bits per heavy atom. The first-order valence-corrected chi connectivity index (χ1v) is 9.23. The predicted molar refractivity (Wildman–Crippen MR) is 94.9 cm³/mol. The van der Waals surface area contributed by atoms with Crippen molar-refractivity contribution in [2.75, 3.05) is 32.7 Å². The van der Waals surface area contributed by atoms with Crippen molar-refractivity contribution in [1.29, 1.82) is 0 Å². The van der Waals surface area contributed by atoms with Gasteiger partial charge in [-0.1, -0.05) is 37.3 Å². The van der Waals surface area contributed by atoms with Gasteiger partial charge in [0, 0.05) is 24.6 Å². The van der Waals surface area contributed by atoms with Crippen LogP contribution >= 0.6 is 0 Å². The van der Waals surface area contributed by atoms with Gasteiger partial charge in [-0.25, -0.2) is 0 Å². The number of piperidine rings is 2. The Kier molecular flexibility index (Phi) is 5.67. The molecule has 0 saturated carbocycles. The lowest BCUT2D eigenvalue weighted by Gasteiger charge is -2.35.